The van der Waals surface area contributed by atoms with Crippen LogP contribution in [0.4, 0.5) is 5.69 Å². The molecule has 0 aliphatic rings. The number of hydrogen-bond acceptors (Lipinski definition) is 2. The van der Waals surface area contributed by atoms with E-state index in [-0.39, 0.29) is 5.91 Å². The van der Waals surface area contributed by atoms with Crippen LogP contribution in [-0.4, -0.2) is 12.0 Å². The van der Waals surface area contributed by atoms with Crippen LogP contribution < -0.4 is 10.1 Å². The molecule has 3 heteroatoms. The maximum absolute atomic E-state index is 12.6. The molecule has 0 bridgehead atoms. The topological polar surface area (TPSA) is 38.3 Å². The fourth-order valence-corrected chi connectivity index (χ4v) is 2.65. The van der Waals surface area contributed by atoms with Crippen LogP contribution in [0.15, 0.2) is 36.4 Å². The smallest absolute Gasteiger partial charge is 0.265 e. The highest BCUT2D eigenvalue weighted by molar-refractivity contribution is 5.95. The van der Waals surface area contributed by atoms with E-state index >= 15 is 0 Å². The van der Waals surface area contributed by atoms with Gasteiger partial charge in [-0.05, 0) is 61.9 Å². The minimum Gasteiger partial charge on any atom is -0.481 e. The maximum atomic E-state index is 12.6. The fourth-order valence-electron chi connectivity index (χ4n) is 2.65. The summed E-state index contributed by atoms with van der Waals surface area (Å²) >= 11 is 0. The second kappa shape index (κ2) is 7.52. The molecule has 24 heavy (non-hydrogen) atoms. The molecular weight excluding hydrogens is 298 g/mol. The van der Waals surface area contributed by atoms with Crippen LogP contribution in [0.1, 0.15) is 48.9 Å². The largest absolute Gasteiger partial charge is 0.481 e. The molecule has 0 aromatic heterocycles. The first-order valence-corrected chi connectivity index (χ1v) is 8.44. The number of benzene rings is 2. The van der Waals surface area contributed by atoms with Crippen LogP contribution in [0, 0.1) is 20.8 Å². The molecule has 2 aromatic carbocycles. The molecule has 0 aliphatic heterocycles. The van der Waals surface area contributed by atoms with Crippen LogP contribution in [0.25, 0.3) is 0 Å². The van der Waals surface area contributed by atoms with Gasteiger partial charge in [0.25, 0.3) is 5.91 Å². The van der Waals surface area contributed by atoms with Crippen molar-refractivity contribution < 1.29 is 9.53 Å². The van der Waals surface area contributed by atoms with Crippen molar-refractivity contribution >= 4 is 11.6 Å². The molecule has 0 fully saturated rings. The number of hydrogen-bond donors (Lipinski definition) is 1. The zero-order valence-electron chi connectivity index (χ0n) is 15.4. The average Bonchev–Trinajstić information content (AvgIpc) is 2.52. The van der Waals surface area contributed by atoms with Gasteiger partial charge in [-0.3, -0.25) is 4.79 Å². The standard InChI is InChI=1S/C21H27NO2/c1-13(2)18-9-7-8-16(5)20(18)22-21(23)17(6)24-19-12-14(3)10-11-15(19)4/h7-13,17H,1-6H3,(H,22,23). The van der Waals surface area contributed by atoms with Gasteiger partial charge in [0.05, 0.1) is 0 Å². The SMILES string of the molecule is Cc1ccc(C)c(OC(C)C(=O)Nc2c(C)cccc2C(C)C)c1. The number of anilines is 1. The molecule has 1 amide bonds. The second-order valence-corrected chi connectivity index (χ2v) is 6.71. The Kier molecular flexibility index (Phi) is 5.66. The molecule has 1 N–H and O–H groups in total. The molecule has 0 radical (unpaired) electrons. The van der Waals surface area contributed by atoms with E-state index < -0.39 is 6.10 Å². The van der Waals surface area contributed by atoms with Crippen molar-refractivity contribution in [3.63, 3.8) is 0 Å². The van der Waals surface area contributed by atoms with Crippen molar-refractivity contribution in [1.29, 1.82) is 0 Å². The summed E-state index contributed by atoms with van der Waals surface area (Å²) in [7, 11) is 0. The number of nitrogens with one attached hydrogen (secondary N) is 1. The highest BCUT2D eigenvalue weighted by atomic mass is 16.5. The predicted molar refractivity (Wildman–Crippen MR) is 99.9 cm³/mol. The molecule has 0 saturated heterocycles. The molecule has 1 atom stereocenters. The van der Waals surface area contributed by atoms with E-state index in [1.165, 1.54) is 0 Å². The Morgan fingerprint density at radius 3 is 2.38 bits per heavy atom. The Labute approximate surface area is 145 Å². The van der Waals surface area contributed by atoms with Crippen molar-refractivity contribution in [3.8, 4) is 5.75 Å². The van der Waals surface area contributed by atoms with Gasteiger partial charge in [-0.15, -0.1) is 0 Å². The Morgan fingerprint density at radius 1 is 1.00 bits per heavy atom. The molecule has 2 rings (SSSR count). The number of amides is 1. The summed E-state index contributed by atoms with van der Waals surface area (Å²) in [6.07, 6.45) is -0.565. The summed E-state index contributed by atoms with van der Waals surface area (Å²) in [5.41, 5.74) is 5.24. The lowest BCUT2D eigenvalue weighted by Crippen LogP contribution is -2.31. The lowest BCUT2D eigenvalue weighted by atomic mass is 9.98. The van der Waals surface area contributed by atoms with Crippen molar-refractivity contribution in [1.82, 2.24) is 0 Å². The molecule has 0 aliphatic carbocycles. The van der Waals surface area contributed by atoms with Gasteiger partial charge in [-0.25, -0.2) is 0 Å². The maximum Gasteiger partial charge on any atom is 0.265 e. The monoisotopic (exact) mass is 325 g/mol. The molecule has 3 nitrogen and oxygen atoms in total. The number of para-hydroxylation sites is 1. The Balaban J connectivity index is 2.17. The summed E-state index contributed by atoms with van der Waals surface area (Å²) in [4.78, 5) is 12.6. The normalized spacial score (nSPS) is 12.1. The molecule has 2 aromatic rings. The third kappa shape index (κ3) is 4.16. The zero-order valence-corrected chi connectivity index (χ0v) is 15.4. The van der Waals surface area contributed by atoms with Gasteiger partial charge < -0.3 is 10.1 Å². The average molecular weight is 325 g/mol. The first-order chi connectivity index (χ1) is 11.3. The number of aryl methyl sites for hydroxylation is 3. The van der Waals surface area contributed by atoms with Crippen LogP contribution in [0.2, 0.25) is 0 Å². The minimum absolute atomic E-state index is 0.132. The fraction of sp³-hybridized carbons (Fsp3) is 0.381. The van der Waals surface area contributed by atoms with Gasteiger partial charge in [-0.1, -0.05) is 44.2 Å². The van der Waals surface area contributed by atoms with Gasteiger partial charge in [0, 0.05) is 5.69 Å². The third-order valence-electron chi connectivity index (χ3n) is 4.19. The lowest BCUT2D eigenvalue weighted by Gasteiger charge is -2.20. The predicted octanol–water partition coefficient (Wildman–Crippen LogP) is 5.14. The van der Waals surface area contributed by atoms with Crippen LogP contribution >= 0.6 is 0 Å². The summed E-state index contributed by atoms with van der Waals surface area (Å²) in [6, 6.07) is 12.1. The molecule has 0 heterocycles. The Hall–Kier alpha value is -2.29. The molecule has 1 unspecified atom stereocenters. The highest BCUT2D eigenvalue weighted by Gasteiger charge is 2.19. The van der Waals surface area contributed by atoms with E-state index in [4.69, 9.17) is 4.74 Å². The van der Waals surface area contributed by atoms with E-state index in [1.54, 1.807) is 6.92 Å². The minimum atomic E-state index is -0.565. The van der Waals surface area contributed by atoms with Crippen LogP contribution in [0.5, 0.6) is 5.75 Å². The highest BCUT2D eigenvalue weighted by Crippen LogP contribution is 2.28. The number of rotatable bonds is 5. The van der Waals surface area contributed by atoms with E-state index in [9.17, 15) is 4.79 Å². The molecule has 0 spiro atoms. The Morgan fingerprint density at radius 2 is 1.71 bits per heavy atom. The number of ether oxygens (including phenoxy) is 1. The number of carbonyl (C=O) groups is 1. The van der Waals surface area contributed by atoms with E-state index in [2.05, 4.69) is 25.2 Å². The van der Waals surface area contributed by atoms with Crippen molar-refractivity contribution in [2.45, 2.75) is 53.6 Å². The van der Waals surface area contributed by atoms with Gasteiger partial charge in [0.1, 0.15) is 5.75 Å². The third-order valence-corrected chi connectivity index (χ3v) is 4.19. The molecule has 0 saturated carbocycles. The van der Waals surface area contributed by atoms with Crippen molar-refractivity contribution in [2.24, 2.45) is 0 Å². The second-order valence-electron chi connectivity index (χ2n) is 6.71. The summed E-state index contributed by atoms with van der Waals surface area (Å²) in [5, 5.41) is 3.05. The van der Waals surface area contributed by atoms with E-state index in [1.807, 2.05) is 51.1 Å². The first-order valence-electron chi connectivity index (χ1n) is 8.44. The zero-order chi connectivity index (χ0) is 17.9. The summed E-state index contributed by atoms with van der Waals surface area (Å²) in [6.45, 7) is 12.0. The van der Waals surface area contributed by atoms with Crippen LogP contribution in [-0.2, 0) is 4.79 Å². The van der Waals surface area contributed by atoms with Gasteiger partial charge in [-0.2, -0.15) is 0 Å². The van der Waals surface area contributed by atoms with Gasteiger partial charge in [0.2, 0.25) is 0 Å². The van der Waals surface area contributed by atoms with E-state index in [0.717, 1.165) is 33.7 Å². The first kappa shape index (κ1) is 18.1. The molecule has 128 valence electrons. The Bertz CT molecular complexity index is 735. The van der Waals surface area contributed by atoms with Crippen LogP contribution in [0.3, 0.4) is 0 Å². The van der Waals surface area contributed by atoms with Gasteiger partial charge >= 0.3 is 0 Å². The quantitative estimate of drug-likeness (QED) is 0.826. The van der Waals surface area contributed by atoms with Crippen molar-refractivity contribution in [2.75, 3.05) is 5.32 Å². The van der Waals surface area contributed by atoms with Gasteiger partial charge in [0.15, 0.2) is 6.10 Å². The lowest BCUT2D eigenvalue weighted by molar-refractivity contribution is -0.122. The summed E-state index contributed by atoms with van der Waals surface area (Å²) < 4.78 is 5.89. The van der Waals surface area contributed by atoms with Crippen molar-refractivity contribution in [3.05, 3.63) is 58.7 Å². The summed E-state index contributed by atoms with van der Waals surface area (Å²) in [5.74, 6) is 0.967. The number of carbonyl (C=O) groups excluding carboxylic acids is 1. The molecular formula is C21H27NO2. The van der Waals surface area contributed by atoms with E-state index in [0.29, 0.717) is 5.92 Å².